The maximum absolute atomic E-state index is 12.4. The summed E-state index contributed by atoms with van der Waals surface area (Å²) in [4.78, 5) is 44.8. The number of nitrogen functional groups attached to an aromatic ring is 1. The Bertz CT molecular complexity index is 1640. The van der Waals surface area contributed by atoms with Gasteiger partial charge in [0.1, 0.15) is 48.5 Å². The van der Waals surface area contributed by atoms with E-state index in [2.05, 4.69) is 25.8 Å². The SMILES string of the molecule is C=C1C=CN(C2OC(COP(=O)(O)OP(=O)(O)OCC3OC(n4cnc5c(N)ncnc54)C(O)C3O)C(O)C2O)C=C1C(N)=O. The van der Waals surface area contributed by atoms with Crippen molar-refractivity contribution < 1.29 is 67.0 Å². The first-order valence-corrected chi connectivity index (χ1v) is 15.9. The van der Waals surface area contributed by atoms with Crippen LogP contribution in [0.15, 0.2) is 48.9 Å². The van der Waals surface area contributed by atoms with Crippen molar-refractivity contribution in [1.82, 2.24) is 24.4 Å². The van der Waals surface area contributed by atoms with Crippen molar-refractivity contribution in [3.63, 3.8) is 0 Å². The Kier molecular flexibility index (Phi) is 9.28. The van der Waals surface area contributed by atoms with Gasteiger partial charge in [-0.2, -0.15) is 4.31 Å². The van der Waals surface area contributed by atoms with E-state index in [0.29, 0.717) is 0 Å². The van der Waals surface area contributed by atoms with E-state index >= 15 is 0 Å². The van der Waals surface area contributed by atoms with Gasteiger partial charge in [-0.25, -0.2) is 24.1 Å². The predicted octanol–water partition coefficient (Wildman–Crippen LogP) is -2.52. The second kappa shape index (κ2) is 12.6. The Labute approximate surface area is 252 Å². The number of allylic oxidation sites excluding steroid dienone is 1. The number of aromatic nitrogens is 4. The van der Waals surface area contributed by atoms with Crippen LogP contribution in [0.1, 0.15) is 6.23 Å². The smallest absolute Gasteiger partial charge is 0.387 e. The van der Waals surface area contributed by atoms with Crippen LogP contribution >= 0.6 is 15.6 Å². The van der Waals surface area contributed by atoms with Crippen LogP contribution in [-0.4, -0.2) is 117 Å². The zero-order valence-electron chi connectivity index (χ0n) is 22.9. The molecule has 2 aromatic heterocycles. The maximum atomic E-state index is 12.4. The molecule has 23 heteroatoms. The first-order chi connectivity index (χ1) is 21.1. The van der Waals surface area contributed by atoms with Crippen molar-refractivity contribution in [3.8, 4) is 0 Å². The molecule has 246 valence electrons. The number of nitrogens with zero attached hydrogens (tertiary/aromatic N) is 5. The van der Waals surface area contributed by atoms with E-state index < -0.39 is 83.8 Å². The highest BCUT2D eigenvalue weighted by atomic mass is 31.3. The zero-order chi connectivity index (χ0) is 32.8. The quantitative estimate of drug-likeness (QED) is 0.114. The lowest BCUT2D eigenvalue weighted by molar-refractivity contribution is -0.114. The summed E-state index contributed by atoms with van der Waals surface area (Å²) in [5, 5.41) is 41.7. The summed E-state index contributed by atoms with van der Waals surface area (Å²) < 4.78 is 50.9. The van der Waals surface area contributed by atoms with E-state index in [0.717, 1.165) is 6.33 Å². The molecule has 3 aliphatic rings. The maximum Gasteiger partial charge on any atom is 0.481 e. The molecule has 2 fully saturated rings. The first kappa shape index (κ1) is 33.2. The lowest BCUT2D eigenvalue weighted by Gasteiger charge is -2.29. The monoisotopic (exact) mass is 677 g/mol. The Morgan fingerprint density at radius 2 is 1.53 bits per heavy atom. The lowest BCUT2D eigenvalue weighted by Crippen LogP contribution is -2.40. The van der Waals surface area contributed by atoms with Crippen LogP contribution in [-0.2, 0) is 36.8 Å². The van der Waals surface area contributed by atoms with E-state index in [4.69, 9.17) is 30.0 Å². The number of aliphatic hydroxyl groups is 4. The summed E-state index contributed by atoms with van der Waals surface area (Å²) in [6, 6.07) is 0. The molecular formula is C22H29N7O14P2. The van der Waals surface area contributed by atoms with Crippen LogP contribution in [0.2, 0.25) is 0 Å². The van der Waals surface area contributed by atoms with E-state index in [9.17, 15) is 44.1 Å². The molecule has 45 heavy (non-hydrogen) atoms. The molecule has 21 nitrogen and oxygen atoms in total. The van der Waals surface area contributed by atoms with Gasteiger partial charge in [-0.05, 0) is 11.6 Å². The number of carbonyl (C=O) groups excluding carboxylic acids is 1. The van der Waals surface area contributed by atoms with Gasteiger partial charge in [-0.1, -0.05) is 6.58 Å². The minimum atomic E-state index is -5.38. The van der Waals surface area contributed by atoms with Crippen molar-refractivity contribution >= 4 is 38.5 Å². The number of nitrogens with two attached hydrogens (primary N) is 2. The number of carbonyl (C=O) groups is 1. The summed E-state index contributed by atoms with van der Waals surface area (Å²) in [7, 11) is -10.8. The molecule has 2 aromatic rings. The van der Waals surface area contributed by atoms with E-state index in [1.54, 1.807) is 0 Å². The normalized spacial score (nSPS) is 32.9. The fourth-order valence-electron chi connectivity index (χ4n) is 4.70. The number of fused-ring (bicyclic) bond motifs is 1. The van der Waals surface area contributed by atoms with Crippen molar-refractivity contribution in [2.45, 2.75) is 49.1 Å². The molecule has 0 saturated carbocycles. The van der Waals surface area contributed by atoms with Gasteiger partial charge >= 0.3 is 15.6 Å². The van der Waals surface area contributed by atoms with Gasteiger partial charge in [0.25, 0.3) is 5.91 Å². The fraction of sp³-hybridized carbons (Fsp3) is 0.455. The number of hydrogen-bond donors (Lipinski definition) is 8. The van der Waals surface area contributed by atoms with Crippen LogP contribution in [0.25, 0.3) is 11.2 Å². The number of ether oxygens (including phenoxy) is 2. The Hall–Kier alpha value is -3.14. The predicted molar refractivity (Wildman–Crippen MR) is 146 cm³/mol. The van der Waals surface area contributed by atoms with Crippen LogP contribution in [0, 0.1) is 0 Å². The molecule has 10 N–H and O–H groups in total. The minimum absolute atomic E-state index is 0.00460. The van der Waals surface area contributed by atoms with E-state index in [1.165, 1.54) is 34.3 Å². The number of phosphoric ester groups is 2. The van der Waals surface area contributed by atoms with Gasteiger partial charge in [0.15, 0.2) is 23.9 Å². The van der Waals surface area contributed by atoms with Crippen molar-refractivity contribution in [1.29, 1.82) is 0 Å². The molecule has 0 radical (unpaired) electrons. The number of rotatable bonds is 11. The van der Waals surface area contributed by atoms with Gasteiger partial charge < -0.3 is 56.1 Å². The largest absolute Gasteiger partial charge is 0.481 e. The summed E-state index contributed by atoms with van der Waals surface area (Å²) in [5.41, 5.74) is 11.7. The Morgan fingerprint density at radius 3 is 2.13 bits per heavy atom. The second-order valence-electron chi connectivity index (χ2n) is 9.98. The fourth-order valence-corrected chi connectivity index (χ4v) is 6.79. The number of hydrogen-bond acceptors (Lipinski definition) is 17. The summed E-state index contributed by atoms with van der Waals surface area (Å²) >= 11 is 0. The average molecular weight is 677 g/mol. The molecule has 10 atom stereocenters. The average Bonchev–Trinajstić information content (AvgIpc) is 3.61. The molecule has 0 aliphatic carbocycles. The van der Waals surface area contributed by atoms with Crippen molar-refractivity contribution in [2.75, 3.05) is 18.9 Å². The minimum Gasteiger partial charge on any atom is -0.387 e. The van der Waals surface area contributed by atoms with Crippen molar-refractivity contribution in [3.05, 3.63) is 48.9 Å². The summed E-state index contributed by atoms with van der Waals surface area (Å²) in [6.45, 7) is 1.84. The lowest BCUT2D eigenvalue weighted by atomic mass is 10.1. The standard InChI is InChI=1S/C22H29N7O14P2/c1-9-2-3-28(4-10(9)19(24)34)21-16(32)14(30)11(41-21)5-39-44(35,36)43-45(37,38)40-6-12-15(31)17(33)22(42-12)29-8-27-13-18(23)25-7-26-20(13)29/h2-4,7-8,11-12,14-17,21-22,30-33H,1,5-6H2,(H2,24,34)(H,35,36)(H,37,38)(H2,23,25,26). The molecule has 10 unspecified atom stereocenters. The van der Waals surface area contributed by atoms with Crippen LogP contribution in [0.5, 0.6) is 0 Å². The summed E-state index contributed by atoms with van der Waals surface area (Å²) in [6.07, 6.45) is -5.61. The van der Waals surface area contributed by atoms with Gasteiger partial charge in [0.2, 0.25) is 0 Å². The molecule has 0 spiro atoms. The summed E-state index contributed by atoms with van der Waals surface area (Å²) in [5.74, 6) is -0.763. The Balaban J connectivity index is 1.15. The molecule has 3 aliphatic heterocycles. The number of amides is 1. The number of anilines is 1. The zero-order valence-corrected chi connectivity index (χ0v) is 24.7. The topological polar surface area (TPSA) is 318 Å². The van der Waals surface area contributed by atoms with E-state index in [-0.39, 0.29) is 28.1 Å². The second-order valence-corrected chi connectivity index (χ2v) is 13.0. The highest BCUT2D eigenvalue weighted by Gasteiger charge is 2.48. The number of aliphatic hydroxyl groups excluding tert-OH is 4. The third kappa shape index (κ3) is 6.86. The third-order valence-corrected chi connectivity index (χ3v) is 9.58. The van der Waals surface area contributed by atoms with Gasteiger partial charge in [0.05, 0.1) is 25.1 Å². The molecule has 2 saturated heterocycles. The van der Waals surface area contributed by atoms with Gasteiger partial charge in [-0.3, -0.25) is 18.4 Å². The molecule has 0 bridgehead atoms. The molecule has 0 aromatic carbocycles. The van der Waals surface area contributed by atoms with Crippen LogP contribution in [0.3, 0.4) is 0 Å². The Morgan fingerprint density at radius 1 is 0.956 bits per heavy atom. The number of imidazole rings is 1. The highest BCUT2D eigenvalue weighted by molar-refractivity contribution is 7.61. The first-order valence-electron chi connectivity index (χ1n) is 12.9. The number of phosphoric acid groups is 2. The van der Waals surface area contributed by atoms with Crippen molar-refractivity contribution in [2.24, 2.45) is 5.73 Å². The highest BCUT2D eigenvalue weighted by Crippen LogP contribution is 2.60. The molecular weight excluding hydrogens is 648 g/mol. The van der Waals surface area contributed by atoms with E-state index in [1.807, 2.05) is 0 Å². The molecule has 5 rings (SSSR count). The van der Waals surface area contributed by atoms with Gasteiger partial charge in [0, 0.05) is 12.4 Å². The molecule has 5 heterocycles. The molecule has 1 amide bonds. The van der Waals surface area contributed by atoms with Crippen LogP contribution in [0.4, 0.5) is 5.82 Å². The van der Waals surface area contributed by atoms with Gasteiger partial charge in [-0.15, -0.1) is 0 Å². The number of primary amides is 1. The van der Waals surface area contributed by atoms with Crippen LogP contribution < -0.4 is 11.5 Å². The third-order valence-electron chi connectivity index (χ3n) is 6.98.